The zero-order valence-corrected chi connectivity index (χ0v) is 12.2. The number of anilines is 1. The summed E-state index contributed by atoms with van der Waals surface area (Å²) in [5.41, 5.74) is 7.02. The molecule has 1 aliphatic carbocycles. The van der Waals surface area contributed by atoms with Crippen molar-refractivity contribution < 1.29 is 9.53 Å². The lowest BCUT2D eigenvalue weighted by Crippen LogP contribution is -2.17. The Kier molecular flexibility index (Phi) is 5.49. The maximum atomic E-state index is 11.8. The van der Waals surface area contributed by atoms with Gasteiger partial charge in [-0.3, -0.25) is 4.79 Å². The number of hydrogen-bond donors (Lipinski definition) is 2. The second-order valence-corrected chi connectivity index (χ2v) is 5.46. The van der Waals surface area contributed by atoms with E-state index in [0.29, 0.717) is 29.8 Å². The molecular formula is C15H20N2O2S. The van der Waals surface area contributed by atoms with Crippen LogP contribution in [-0.4, -0.2) is 23.6 Å². The minimum absolute atomic E-state index is 0.0527. The van der Waals surface area contributed by atoms with Crippen molar-refractivity contribution in [3.63, 3.8) is 0 Å². The van der Waals surface area contributed by atoms with E-state index in [4.69, 9.17) is 22.7 Å². The quantitative estimate of drug-likeness (QED) is 0.791. The lowest BCUT2D eigenvalue weighted by molar-refractivity contribution is -0.117. The van der Waals surface area contributed by atoms with Gasteiger partial charge in [-0.25, -0.2) is 0 Å². The third-order valence-corrected chi connectivity index (χ3v) is 3.65. The standard InChI is InChI=1S/C15H20N2O2S/c16-15(20)11-4-3-5-12(10-11)17-14(18)8-9-19-13-6-1-2-7-13/h3-5,10,13H,1-2,6-9H2,(H2,16,20)(H,17,18). The van der Waals surface area contributed by atoms with Crippen LogP contribution in [0.15, 0.2) is 24.3 Å². The van der Waals surface area contributed by atoms with Crippen LogP contribution >= 0.6 is 12.2 Å². The van der Waals surface area contributed by atoms with Crippen molar-refractivity contribution in [3.05, 3.63) is 29.8 Å². The summed E-state index contributed by atoms with van der Waals surface area (Å²) in [6, 6.07) is 7.23. The minimum Gasteiger partial charge on any atom is -0.389 e. The summed E-state index contributed by atoms with van der Waals surface area (Å²) in [6.45, 7) is 0.478. The predicted octanol–water partition coefficient (Wildman–Crippen LogP) is 2.61. The molecule has 1 aliphatic rings. The second kappa shape index (κ2) is 7.36. The molecule has 0 saturated heterocycles. The molecule has 20 heavy (non-hydrogen) atoms. The third-order valence-electron chi connectivity index (χ3n) is 3.42. The Hall–Kier alpha value is -1.46. The Morgan fingerprint density at radius 3 is 2.85 bits per heavy atom. The number of thiocarbonyl (C=S) groups is 1. The zero-order valence-electron chi connectivity index (χ0n) is 11.4. The Morgan fingerprint density at radius 1 is 1.40 bits per heavy atom. The van der Waals surface area contributed by atoms with E-state index in [1.807, 2.05) is 18.2 Å². The molecule has 1 aromatic rings. The number of hydrogen-bond acceptors (Lipinski definition) is 3. The molecule has 108 valence electrons. The predicted molar refractivity (Wildman–Crippen MR) is 83.8 cm³/mol. The molecule has 1 saturated carbocycles. The average Bonchev–Trinajstić information content (AvgIpc) is 2.92. The second-order valence-electron chi connectivity index (χ2n) is 5.02. The van der Waals surface area contributed by atoms with Crippen molar-refractivity contribution in [2.75, 3.05) is 11.9 Å². The molecule has 0 unspecified atom stereocenters. The number of carbonyl (C=O) groups excluding carboxylic acids is 1. The SMILES string of the molecule is NC(=S)c1cccc(NC(=O)CCOC2CCCC2)c1. The first kappa shape index (κ1) is 14.9. The van der Waals surface area contributed by atoms with Crippen LogP contribution in [0.25, 0.3) is 0 Å². The van der Waals surface area contributed by atoms with Gasteiger partial charge in [-0.1, -0.05) is 37.2 Å². The lowest BCUT2D eigenvalue weighted by atomic mass is 10.2. The lowest BCUT2D eigenvalue weighted by Gasteiger charge is -2.11. The fraction of sp³-hybridized carbons (Fsp3) is 0.467. The molecule has 0 bridgehead atoms. The van der Waals surface area contributed by atoms with Crippen molar-refractivity contribution in [1.29, 1.82) is 0 Å². The number of carbonyl (C=O) groups is 1. The van der Waals surface area contributed by atoms with E-state index in [9.17, 15) is 4.79 Å². The van der Waals surface area contributed by atoms with Crippen molar-refractivity contribution in [2.45, 2.75) is 38.2 Å². The molecule has 3 N–H and O–H groups in total. The van der Waals surface area contributed by atoms with Gasteiger partial charge in [0.25, 0.3) is 0 Å². The molecule has 0 radical (unpaired) electrons. The summed E-state index contributed by atoms with van der Waals surface area (Å²) in [5.74, 6) is -0.0527. The topological polar surface area (TPSA) is 64.3 Å². The monoisotopic (exact) mass is 292 g/mol. The first-order valence-corrected chi connectivity index (χ1v) is 7.37. The molecule has 0 spiro atoms. The molecule has 0 atom stereocenters. The number of nitrogens with two attached hydrogens (primary N) is 1. The Bertz CT molecular complexity index is 485. The van der Waals surface area contributed by atoms with E-state index in [2.05, 4.69) is 5.32 Å². The van der Waals surface area contributed by atoms with E-state index >= 15 is 0 Å². The molecule has 0 aromatic heterocycles. The van der Waals surface area contributed by atoms with Gasteiger partial charge >= 0.3 is 0 Å². The van der Waals surface area contributed by atoms with E-state index in [1.165, 1.54) is 12.8 Å². The highest BCUT2D eigenvalue weighted by Gasteiger charge is 2.15. The Balaban J connectivity index is 1.76. The average molecular weight is 292 g/mol. The van der Waals surface area contributed by atoms with Crippen LogP contribution in [0.3, 0.4) is 0 Å². The first-order chi connectivity index (χ1) is 9.65. The van der Waals surface area contributed by atoms with Gasteiger partial charge in [-0.2, -0.15) is 0 Å². The Morgan fingerprint density at radius 2 is 2.15 bits per heavy atom. The fourth-order valence-electron chi connectivity index (χ4n) is 2.35. The summed E-state index contributed by atoms with van der Waals surface area (Å²) in [4.78, 5) is 12.1. The largest absolute Gasteiger partial charge is 0.389 e. The maximum absolute atomic E-state index is 11.8. The molecule has 0 heterocycles. The number of rotatable bonds is 6. The fourth-order valence-corrected chi connectivity index (χ4v) is 2.47. The van der Waals surface area contributed by atoms with Gasteiger partial charge in [0, 0.05) is 11.3 Å². The van der Waals surface area contributed by atoms with Gasteiger partial charge in [-0.15, -0.1) is 0 Å². The van der Waals surface area contributed by atoms with Gasteiger partial charge in [0.2, 0.25) is 5.91 Å². The van der Waals surface area contributed by atoms with E-state index in [-0.39, 0.29) is 5.91 Å². The zero-order chi connectivity index (χ0) is 14.4. The molecule has 1 fully saturated rings. The smallest absolute Gasteiger partial charge is 0.226 e. The molecule has 4 nitrogen and oxygen atoms in total. The van der Waals surface area contributed by atoms with Crippen LogP contribution in [0.5, 0.6) is 0 Å². The van der Waals surface area contributed by atoms with Crippen LogP contribution in [0.1, 0.15) is 37.7 Å². The minimum atomic E-state index is -0.0527. The molecule has 0 aliphatic heterocycles. The molecular weight excluding hydrogens is 272 g/mol. The van der Waals surface area contributed by atoms with Gasteiger partial charge < -0.3 is 15.8 Å². The van der Waals surface area contributed by atoms with Crippen molar-refractivity contribution >= 4 is 28.8 Å². The molecule has 1 aromatic carbocycles. The van der Waals surface area contributed by atoms with E-state index in [0.717, 1.165) is 18.4 Å². The Labute approximate surface area is 124 Å². The molecule has 2 rings (SSSR count). The molecule has 5 heteroatoms. The highest BCUT2D eigenvalue weighted by molar-refractivity contribution is 7.80. The summed E-state index contributed by atoms with van der Waals surface area (Å²) < 4.78 is 5.67. The van der Waals surface area contributed by atoms with Crippen molar-refractivity contribution in [2.24, 2.45) is 5.73 Å². The first-order valence-electron chi connectivity index (χ1n) is 6.96. The van der Waals surface area contributed by atoms with Gasteiger partial charge in [0.15, 0.2) is 0 Å². The van der Waals surface area contributed by atoms with E-state index in [1.54, 1.807) is 6.07 Å². The van der Waals surface area contributed by atoms with Crippen LogP contribution in [0.4, 0.5) is 5.69 Å². The number of benzene rings is 1. The van der Waals surface area contributed by atoms with Gasteiger partial charge in [-0.05, 0) is 25.0 Å². The number of ether oxygens (including phenoxy) is 1. The summed E-state index contributed by atoms with van der Waals surface area (Å²) in [6.07, 6.45) is 5.44. The molecule has 1 amide bonds. The normalized spacial score (nSPS) is 15.2. The summed E-state index contributed by atoms with van der Waals surface area (Å²) >= 11 is 4.91. The van der Waals surface area contributed by atoms with Crippen LogP contribution in [0, 0.1) is 0 Å². The third kappa shape index (κ3) is 4.58. The van der Waals surface area contributed by atoms with Crippen LogP contribution in [-0.2, 0) is 9.53 Å². The highest BCUT2D eigenvalue weighted by atomic mass is 32.1. The van der Waals surface area contributed by atoms with E-state index < -0.39 is 0 Å². The summed E-state index contributed by atoms with van der Waals surface area (Å²) in [7, 11) is 0. The van der Waals surface area contributed by atoms with Crippen LogP contribution in [0.2, 0.25) is 0 Å². The number of amides is 1. The van der Waals surface area contributed by atoms with Crippen molar-refractivity contribution in [3.8, 4) is 0 Å². The van der Waals surface area contributed by atoms with Gasteiger partial charge in [0.05, 0.1) is 19.1 Å². The van der Waals surface area contributed by atoms with Gasteiger partial charge in [0.1, 0.15) is 4.99 Å². The van der Waals surface area contributed by atoms with Crippen molar-refractivity contribution in [1.82, 2.24) is 0 Å². The maximum Gasteiger partial charge on any atom is 0.226 e. The summed E-state index contributed by atoms with van der Waals surface area (Å²) in [5, 5.41) is 2.83. The van der Waals surface area contributed by atoms with Crippen LogP contribution < -0.4 is 11.1 Å². The highest BCUT2D eigenvalue weighted by Crippen LogP contribution is 2.21. The number of nitrogens with one attached hydrogen (secondary N) is 1.